The molecule has 1 N–H and O–H groups in total. The van der Waals surface area contributed by atoms with Crippen LogP contribution in [-0.4, -0.2) is 14.9 Å². The molecule has 0 radical (unpaired) electrons. The first-order valence-corrected chi connectivity index (χ1v) is 6.35. The summed E-state index contributed by atoms with van der Waals surface area (Å²) in [7, 11) is 0. The van der Waals surface area contributed by atoms with E-state index in [2.05, 4.69) is 11.2 Å². The van der Waals surface area contributed by atoms with Gasteiger partial charge in [0.05, 0.1) is 29.6 Å². The number of hydrogen-bond donors (Lipinski definition) is 1. The van der Waals surface area contributed by atoms with Crippen LogP contribution in [0, 0.1) is 11.3 Å². The molecule has 1 aromatic heterocycles. The number of aromatic nitrogens is 2. The number of hydrogen-bond acceptors (Lipinski definition) is 3. The zero-order chi connectivity index (χ0) is 14.0. The lowest BCUT2D eigenvalue weighted by molar-refractivity contribution is 0.280. The Labute approximate surface area is 116 Å². The number of halogens is 1. The van der Waals surface area contributed by atoms with Crippen molar-refractivity contribution in [1.29, 1.82) is 5.26 Å². The van der Waals surface area contributed by atoms with E-state index in [9.17, 15) is 5.11 Å². The lowest BCUT2D eigenvalue weighted by atomic mass is 10.1. The van der Waals surface area contributed by atoms with E-state index in [1.807, 2.05) is 13.8 Å². The van der Waals surface area contributed by atoms with E-state index >= 15 is 0 Å². The predicted octanol–water partition coefficient (Wildman–Crippen LogP) is 3.01. The molecular formula is C14H14ClN3O. The fourth-order valence-corrected chi connectivity index (χ4v) is 2.20. The van der Waals surface area contributed by atoms with Crippen molar-refractivity contribution in [3.05, 3.63) is 46.2 Å². The minimum absolute atomic E-state index is 0.136. The van der Waals surface area contributed by atoms with Crippen molar-refractivity contribution in [2.75, 3.05) is 0 Å². The fourth-order valence-electron chi connectivity index (χ4n) is 1.90. The van der Waals surface area contributed by atoms with Crippen molar-refractivity contribution in [2.45, 2.75) is 26.4 Å². The lowest BCUT2D eigenvalue weighted by Gasteiger charge is -2.03. The summed E-state index contributed by atoms with van der Waals surface area (Å²) in [5.41, 5.74) is 2.79. The van der Waals surface area contributed by atoms with Gasteiger partial charge in [-0.15, -0.1) is 0 Å². The lowest BCUT2D eigenvalue weighted by Crippen LogP contribution is -1.98. The van der Waals surface area contributed by atoms with E-state index in [4.69, 9.17) is 16.9 Å². The SMILES string of the molecule is CC(C)c1nn(-c2ccc(C#N)cc2)c(Cl)c1CO. The molecule has 0 unspecified atom stereocenters. The van der Waals surface area contributed by atoms with Crippen molar-refractivity contribution < 1.29 is 5.11 Å². The van der Waals surface area contributed by atoms with Crippen LogP contribution in [0.5, 0.6) is 0 Å². The van der Waals surface area contributed by atoms with Crippen LogP contribution in [-0.2, 0) is 6.61 Å². The highest BCUT2D eigenvalue weighted by Gasteiger charge is 2.18. The second kappa shape index (κ2) is 5.43. The van der Waals surface area contributed by atoms with Gasteiger partial charge < -0.3 is 5.11 Å². The van der Waals surface area contributed by atoms with Crippen LogP contribution < -0.4 is 0 Å². The third-order valence-electron chi connectivity index (χ3n) is 2.90. The van der Waals surface area contributed by atoms with Crippen molar-refractivity contribution >= 4 is 11.6 Å². The largest absolute Gasteiger partial charge is 0.391 e. The highest BCUT2D eigenvalue weighted by molar-refractivity contribution is 6.30. The first-order valence-electron chi connectivity index (χ1n) is 5.97. The van der Waals surface area contributed by atoms with Gasteiger partial charge in [-0.2, -0.15) is 10.4 Å². The molecule has 19 heavy (non-hydrogen) atoms. The molecular weight excluding hydrogens is 262 g/mol. The van der Waals surface area contributed by atoms with Crippen molar-refractivity contribution in [3.8, 4) is 11.8 Å². The summed E-state index contributed by atoms with van der Waals surface area (Å²) in [4.78, 5) is 0. The normalized spacial score (nSPS) is 10.7. The summed E-state index contributed by atoms with van der Waals surface area (Å²) in [5, 5.41) is 23.1. The van der Waals surface area contributed by atoms with E-state index in [1.54, 1.807) is 28.9 Å². The summed E-state index contributed by atoms with van der Waals surface area (Å²) >= 11 is 6.26. The maximum atomic E-state index is 9.41. The smallest absolute Gasteiger partial charge is 0.138 e. The van der Waals surface area contributed by atoms with Crippen LogP contribution in [0.4, 0.5) is 0 Å². The van der Waals surface area contributed by atoms with Crippen LogP contribution in [0.15, 0.2) is 24.3 Å². The summed E-state index contributed by atoms with van der Waals surface area (Å²) in [6, 6.07) is 9.04. The predicted molar refractivity (Wildman–Crippen MR) is 73.3 cm³/mol. The monoisotopic (exact) mass is 275 g/mol. The van der Waals surface area contributed by atoms with Gasteiger partial charge in [0.25, 0.3) is 0 Å². The summed E-state index contributed by atoms with van der Waals surface area (Å²) in [6.45, 7) is 3.87. The molecule has 1 heterocycles. The van der Waals surface area contributed by atoms with Crippen molar-refractivity contribution in [1.82, 2.24) is 9.78 Å². The maximum absolute atomic E-state index is 9.41. The van der Waals surface area contributed by atoms with Crippen LogP contribution in [0.2, 0.25) is 5.15 Å². The number of nitrogens with zero attached hydrogens (tertiary/aromatic N) is 3. The van der Waals surface area contributed by atoms with Gasteiger partial charge in [0.15, 0.2) is 0 Å². The highest BCUT2D eigenvalue weighted by Crippen LogP contribution is 2.28. The molecule has 0 amide bonds. The van der Waals surface area contributed by atoms with Gasteiger partial charge in [-0.25, -0.2) is 4.68 Å². The summed E-state index contributed by atoms with van der Waals surface area (Å²) < 4.78 is 1.59. The summed E-state index contributed by atoms with van der Waals surface area (Å²) in [6.07, 6.45) is 0. The number of aliphatic hydroxyl groups excluding tert-OH is 1. The number of benzene rings is 1. The van der Waals surface area contributed by atoms with E-state index in [1.165, 1.54) is 0 Å². The van der Waals surface area contributed by atoms with E-state index in [-0.39, 0.29) is 12.5 Å². The molecule has 0 aliphatic carbocycles. The molecule has 0 bridgehead atoms. The molecule has 98 valence electrons. The third-order valence-corrected chi connectivity index (χ3v) is 3.29. The topological polar surface area (TPSA) is 61.8 Å². The molecule has 0 fully saturated rings. The molecule has 0 saturated carbocycles. The minimum atomic E-state index is -0.136. The maximum Gasteiger partial charge on any atom is 0.138 e. The van der Waals surface area contributed by atoms with Crippen LogP contribution >= 0.6 is 11.6 Å². The highest BCUT2D eigenvalue weighted by atomic mass is 35.5. The van der Waals surface area contributed by atoms with Crippen LogP contribution in [0.1, 0.15) is 36.6 Å². The van der Waals surface area contributed by atoms with Crippen LogP contribution in [0.25, 0.3) is 5.69 Å². The average molecular weight is 276 g/mol. The van der Waals surface area contributed by atoms with Gasteiger partial charge in [-0.1, -0.05) is 25.4 Å². The molecule has 0 saturated heterocycles. The summed E-state index contributed by atoms with van der Waals surface area (Å²) in [5.74, 6) is 0.180. The van der Waals surface area contributed by atoms with E-state index in [0.717, 1.165) is 11.4 Å². The molecule has 5 heteroatoms. The molecule has 0 aliphatic heterocycles. The first kappa shape index (κ1) is 13.6. The second-order valence-electron chi connectivity index (χ2n) is 4.54. The van der Waals surface area contributed by atoms with Crippen molar-refractivity contribution in [3.63, 3.8) is 0 Å². The zero-order valence-corrected chi connectivity index (χ0v) is 11.5. The fraction of sp³-hybridized carbons (Fsp3) is 0.286. The van der Waals surface area contributed by atoms with Gasteiger partial charge in [0.1, 0.15) is 5.15 Å². The number of aliphatic hydroxyl groups is 1. The first-order chi connectivity index (χ1) is 9.08. The standard InChI is InChI=1S/C14H14ClN3O/c1-9(2)13-12(8-19)14(15)18(17-13)11-5-3-10(7-16)4-6-11/h3-6,9,19H,8H2,1-2H3. The van der Waals surface area contributed by atoms with Gasteiger partial charge >= 0.3 is 0 Å². The Bertz CT molecular complexity index is 623. The Balaban J connectivity index is 2.53. The van der Waals surface area contributed by atoms with Gasteiger partial charge in [-0.05, 0) is 30.2 Å². The molecule has 1 aromatic carbocycles. The molecule has 2 rings (SSSR count). The minimum Gasteiger partial charge on any atom is -0.391 e. The Morgan fingerprint density at radius 1 is 1.37 bits per heavy atom. The van der Waals surface area contributed by atoms with Crippen molar-refractivity contribution in [2.24, 2.45) is 0 Å². The Kier molecular flexibility index (Phi) is 3.89. The average Bonchev–Trinajstić information content (AvgIpc) is 2.76. The molecule has 2 aromatic rings. The Morgan fingerprint density at radius 2 is 2.00 bits per heavy atom. The molecule has 0 atom stereocenters. The second-order valence-corrected chi connectivity index (χ2v) is 4.90. The van der Waals surface area contributed by atoms with Crippen LogP contribution in [0.3, 0.4) is 0 Å². The van der Waals surface area contributed by atoms with Gasteiger partial charge in [0, 0.05) is 5.56 Å². The van der Waals surface area contributed by atoms with Gasteiger partial charge in [0.2, 0.25) is 0 Å². The van der Waals surface area contributed by atoms with E-state index < -0.39 is 0 Å². The third kappa shape index (κ3) is 2.48. The Morgan fingerprint density at radius 3 is 2.42 bits per heavy atom. The van der Waals surface area contributed by atoms with Gasteiger partial charge in [-0.3, -0.25) is 0 Å². The zero-order valence-electron chi connectivity index (χ0n) is 10.8. The Hall–Kier alpha value is -1.83. The quantitative estimate of drug-likeness (QED) is 0.937. The molecule has 4 nitrogen and oxygen atoms in total. The number of rotatable bonds is 3. The van der Waals surface area contributed by atoms with E-state index in [0.29, 0.717) is 16.3 Å². The molecule has 0 aliphatic rings. The molecule has 0 spiro atoms. The number of nitriles is 1.